The van der Waals surface area contributed by atoms with E-state index in [1.165, 1.54) is 9.78 Å². The summed E-state index contributed by atoms with van der Waals surface area (Å²) in [6, 6.07) is 7.42. The monoisotopic (exact) mass is 562 g/mol. The topological polar surface area (TPSA) is 85.1 Å². The fourth-order valence-electron chi connectivity index (χ4n) is 6.99. The van der Waals surface area contributed by atoms with Gasteiger partial charge in [0.2, 0.25) is 5.91 Å². The van der Waals surface area contributed by atoms with Crippen molar-refractivity contribution >= 4 is 28.8 Å². The summed E-state index contributed by atoms with van der Waals surface area (Å²) in [5.41, 5.74) is 1.09. The Morgan fingerprint density at radius 3 is 2.95 bits per heavy atom. The number of rotatable bonds is 8. The number of hydrogen-bond acceptors (Lipinski definition) is 6. The molecule has 2 fully saturated rings. The van der Waals surface area contributed by atoms with Crippen LogP contribution in [0.2, 0.25) is 5.02 Å². The molecule has 0 radical (unpaired) electrons. The van der Waals surface area contributed by atoms with Gasteiger partial charge in [0, 0.05) is 21.7 Å². The van der Waals surface area contributed by atoms with E-state index in [-0.39, 0.29) is 35.0 Å². The Balaban J connectivity index is 1.22. The predicted octanol–water partition coefficient (Wildman–Crippen LogP) is 3.10. The van der Waals surface area contributed by atoms with Crippen LogP contribution in [0.25, 0.3) is 0 Å². The van der Waals surface area contributed by atoms with Crippen LogP contribution in [0.1, 0.15) is 55.1 Å². The van der Waals surface area contributed by atoms with Crippen LogP contribution >= 0.6 is 22.9 Å². The van der Waals surface area contributed by atoms with Crippen molar-refractivity contribution in [3.8, 4) is 5.75 Å². The van der Waals surface area contributed by atoms with Crippen molar-refractivity contribution in [2.75, 3.05) is 39.4 Å². The van der Waals surface area contributed by atoms with E-state index in [0.717, 1.165) is 68.6 Å². The summed E-state index contributed by atoms with van der Waals surface area (Å²) in [4.78, 5) is 20.8. The zero-order chi connectivity index (χ0) is 26.9. The maximum atomic E-state index is 13.1. The number of carbonyl (C=O) groups excluding carboxylic acids is 1. The summed E-state index contributed by atoms with van der Waals surface area (Å²) in [6.07, 6.45) is 2.25. The standard InChI is InChI=1S/C29H40ClN3O4S/c1-18(28(35)31-9-10-33-11-13-36-14-12-33)22-7-8-29(3)16-23-26(19(2)25(29)27(22)34)32-24(38-23)17-37-21-6-4-5-20(30)15-21/h4-6,15,18-19,22,25,27,34H,7-14,16-17H2,1-3H3,(H,31,35)/p+1/t18-,19-,22-,25+,27-,29-/m0/s1. The molecule has 0 unspecified atom stereocenters. The van der Waals surface area contributed by atoms with Gasteiger partial charge >= 0.3 is 0 Å². The highest BCUT2D eigenvalue weighted by Gasteiger charge is 2.53. The number of aromatic nitrogens is 1. The van der Waals surface area contributed by atoms with Crippen molar-refractivity contribution in [1.82, 2.24) is 10.3 Å². The molecule has 2 aliphatic carbocycles. The van der Waals surface area contributed by atoms with Gasteiger partial charge in [0.25, 0.3) is 0 Å². The maximum absolute atomic E-state index is 13.1. The Morgan fingerprint density at radius 1 is 1.39 bits per heavy atom. The molecule has 6 atom stereocenters. The van der Waals surface area contributed by atoms with Crippen molar-refractivity contribution < 1.29 is 24.3 Å². The van der Waals surface area contributed by atoms with Gasteiger partial charge in [0.1, 0.15) is 30.5 Å². The molecule has 9 heteroatoms. The van der Waals surface area contributed by atoms with E-state index in [2.05, 4.69) is 19.2 Å². The number of benzene rings is 1. The SMILES string of the molecule is C[C@H](C(=O)NCC[NH+]1CCOCC1)[C@@H]1CC[C@@]2(C)Cc3sc(COc4cccc(Cl)c4)nc3[C@@H](C)[C@@H]2[C@H]1O. The van der Waals surface area contributed by atoms with Crippen LogP contribution in [-0.2, 0) is 22.6 Å². The predicted molar refractivity (Wildman–Crippen MR) is 149 cm³/mol. The van der Waals surface area contributed by atoms with Crippen molar-refractivity contribution in [3.63, 3.8) is 0 Å². The van der Waals surface area contributed by atoms with Crippen LogP contribution in [-0.4, -0.2) is 61.5 Å². The van der Waals surface area contributed by atoms with Crippen LogP contribution < -0.4 is 15.0 Å². The molecule has 1 amide bonds. The van der Waals surface area contributed by atoms with E-state index in [9.17, 15) is 9.90 Å². The van der Waals surface area contributed by atoms with Gasteiger partial charge in [-0.2, -0.15) is 0 Å². The third kappa shape index (κ3) is 5.89. The first-order valence-electron chi connectivity index (χ1n) is 14.0. The number of quaternary nitrogens is 1. The number of fused-ring (bicyclic) bond motifs is 2. The minimum absolute atomic E-state index is 0.00413. The van der Waals surface area contributed by atoms with Gasteiger partial charge in [-0.1, -0.05) is 38.4 Å². The molecular formula is C29H41ClN3O4S+. The van der Waals surface area contributed by atoms with Crippen molar-refractivity contribution in [1.29, 1.82) is 0 Å². The van der Waals surface area contributed by atoms with Crippen LogP contribution in [0.5, 0.6) is 5.75 Å². The smallest absolute Gasteiger partial charge is 0.223 e. The fraction of sp³-hybridized carbons (Fsp3) is 0.655. The summed E-state index contributed by atoms with van der Waals surface area (Å²) in [5, 5.41) is 16.4. The summed E-state index contributed by atoms with van der Waals surface area (Å²) in [6.45, 7) is 12.1. The number of nitrogens with one attached hydrogen (secondary N) is 2. The van der Waals surface area contributed by atoms with Gasteiger partial charge < -0.3 is 24.8 Å². The van der Waals surface area contributed by atoms with Crippen LogP contribution in [0.15, 0.2) is 24.3 Å². The van der Waals surface area contributed by atoms with Gasteiger partial charge in [-0.25, -0.2) is 4.98 Å². The lowest BCUT2D eigenvalue weighted by Gasteiger charge is -2.53. The minimum atomic E-state index is -0.532. The lowest BCUT2D eigenvalue weighted by molar-refractivity contribution is -0.906. The lowest BCUT2D eigenvalue weighted by atomic mass is 9.53. The quantitative estimate of drug-likeness (QED) is 0.460. The Bertz CT molecular complexity index is 1120. The molecule has 208 valence electrons. The number of aliphatic hydroxyl groups excluding tert-OH is 1. The number of hydrogen-bond donors (Lipinski definition) is 3. The van der Waals surface area contributed by atoms with Crippen LogP contribution in [0.4, 0.5) is 0 Å². The molecule has 1 saturated carbocycles. The second kappa shape index (κ2) is 11.8. The molecule has 3 N–H and O–H groups in total. The van der Waals surface area contributed by atoms with E-state index in [1.807, 2.05) is 31.2 Å². The lowest BCUT2D eigenvalue weighted by Crippen LogP contribution is -3.14. The molecule has 5 rings (SSSR count). The third-order valence-electron chi connectivity index (χ3n) is 9.16. The van der Waals surface area contributed by atoms with Gasteiger partial charge in [-0.15, -0.1) is 11.3 Å². The molecule has 1 aromatic heterocycles. The highest BCUT2D eigenvalue weighted by atomic mass is 35.5. The Kier molecular flexibility index (Phi) is 8.65. The molecule has 0 bridgehead atoms. The highest BCUT2D eigenvalue weighted by molar-refractivity contribution is 7.11. The summed E-state index contributed by atoms with van der Waals surface area (Å²) >= 11 is 7.82. The van der Waals surface area contributed by atoms with E-state index < -0.39 is 6.10 Å². The average Bonchev–Trinajstić information content (AvgIpc) is 3.30. The average molecular weight is 563 g/mol. The molecule has 3 aliphatic rings. The molecule has 1 aliphatic heterocycles. The number of morpholine rings is 1. The van der Waals surface area contributed by atoms with Gasteiger partial charge in [-0.3, -0.25) is 4.79 Å². The molecule has 38 heavy (non-hydrogen) atoms. The van der Waals surface area contributed by atoms with E-state index in [4.69, 9.17) is 26.1 Å². The number of thiazole rings is 1. The summed E-state index contributed by atoms with van der Waals surface area (Å²) in [7, 11) is 0. The number of nitrogens with zero attached hydrogens (tertiary/aromatic N) is 1. The number of aliphatic hydroxyl groups is 1. The second-order valence-electron chi connectivity index (χ2n) is 11.7. The summed E-state index contributed by atoms with van der Waals surface area (Å²) in [5.74, 6) is 0.723. The minimum Gasteiger partial charge on any atom is -0.486 e. The Labute approximate surface area is 234 Å². The van der Waals surface area contributed by atoms with E-state index >= 15 is 0 Å². The second-order valence-corrected chi connectivity index (χ2v) is 13.3. The molecule has 0 spiro atoms. The zero-order valence-corrected chi connectivity index (χ0v) is 24.2. The first kappa shape index (κ1) is 27.8. The number of carbonyl (C=O) groups is 1. The zero-order valence-electron chi connectivity index (χ0n) is 22.7. The number of amides is 1. The van der Waals surface area contributed by atoms with Gasteiger partial charge in [0.05, 0.1) is 38.1 Å². The molecule has 1 aromatic carbocycles. The van der Waals surface area contributed by atoms with Crippen LogP contribution in [0, 0.1) is 23.2 Å². The first-order valence-corrected chi connectivity index (χ1v) is 15.2. The van der Waals surface area contributed by atoms with Crippen LogP contribution in [0.3, 0.4) is 0 Å². The fourth-order valence-corrected chi connectivity index (χ4v) is 8.45. The molecule has 1 saturated heterocycles. The third-order valence-corrected chi connectivity index (χ3v) is 10.4. The maximum Gasteiger partial charge on any atom is 0.223 e. The first-order chi connectivity index (χ1) is 18.2. The normalized spacial score (nSPS) is 30.2. The van der Waals surface area contributed by atoms with E-state index in [0.29, 0.717) is 18.2 Å². The van der Waals surface area contributed by atoms with Crippen molar-refractivity contribution in [3.05, 3.63) is 44.9 Å². The summed E-state index contributed by atoms with van der Waals surface area (Å²) < 4.78 is 11.4. The number of ether oxygens (including phenoxy) is 2. The highest BCUT2D eigenvalue weighted by Crippen LogP contribution is 2.57. The molecule has 2 heterocycles. The van der Waals surface area contributed by atoms with Gasteiger partial charge in [-0.05, 0) is 54.7 Å². The molecule has 2 aromatic rings. The Morgan fingerprint density at radius 2 is 2.18 bits per heavy atom. The largest absolute Gasteiger partial charge is 0.486 e. The number of halogens is 1. The van der Waals surface area contributed by atoms with Gasteiger partial charge in [0.15, 0.2) is 0 Å². The van der Waals surface area contributed by atoms with Crippen molar-refractivity contribution in [2.45, 2.75) is 58.7 Å². The molecule has 7 nitrogen and oxygen atoms in total. The van der Waals surface area contributed by atoms with Crippen molar-refractivity contribution in [2.24, 2.45) is 23.2 Å². The Hall–Kier alpha value is -1.71. The molecular weight excluding hydrogens is 522 g/mol. The van der Waals surface area contributed by atoms with E-state index in [1.54, 1.807) is 11.3 Å².